The number of amides is 2. The molecule has 5 N–H and O–H groups in total. The van der Waals surface area contributed by atoms with Gasteiger partial charge in [-0.25, -0.2) is 4.79 Å². The second-order valence-corrected chi connectivity index (χ2v) is 9.17. The summed E-state index contributed by atoms with van der Waals surface area (Å²) in [5, 5.41) is 15.4. The van der Waals surface area contributed by atoms with Crippen molar-refractivity contribution in [2.24, 2.45) is 5.73 Å². The molecule has 0 unspecified atom stereocenters. The highest BCUT2D eigenvalue weighted by molar-refractivity contribution is 6.30. The molecular formula is C28H30ClN3O5. The second kappa shape index (κ2) is 13.4. The number of benzene rings is 3. The van der Waals surface area contributed by atoms with Crippen LogP contribution in [0.5, 0.6) is 5.75 Å². The van der Waals surface area contributed by atoms with Gasteiger partial charge in [0.1, 0.15) is 24.4 Å². The maximum Gasteiger partial charge on any atom is 0.326 e. The standard InChI is InChI=1S/C28H30ClN3O5/c1-18(30)17-37-25-16-21(29)12-13-22(25)26(33)31-23(14-19-8-4-2-5-9-19)27(34)32-24(28(35)36)15-20-10-6-3-7-11-20/h2-13,16,18,23-24H,14-15,17,30H2,1H3,(H,31,33)(H,32,34)(H,35,36)/t18-,23+,24+/m1/s1. The number of aliphatic carboxylic acids is 1. The van der Waals surface area contributed by atoms with Gasteiger partial charge in [-0.2, -0.15) is 0 Å². The number of rotatable bonds is 12. The highest BCUT2D eigenvalue weighted by Gasteiger charge is 2.28. The summed E-state index contributed by atoms with van der Waals surface area (Å²) < 4.78 is 5.67. The molecule has 0 radical (unpaired) electrons. The predicted octanol–water partition coefficient (Wildman–Crippen LogP) is 3.22. The molecule has 0 aliphatic carbocycles. The lowest BCUT2D eigenvalue weighted by Crippen LogP contribution is -2.53. The minimum Gasteiger partial charge on any atom is -0.491 e. The first-order chi connectivity index (χ1) is 17.7. The molecule has 3 rings (SSSR count). The van der Waals surface area contributed by atoms with Gasteiger partial charge in [-0.05, 0) is 36.2 Å². The monoisotopic (exact) mass is 523 g/mol. The van der Waals surface area contributed by atoms with E-state index in [1.54, 1.807) is 37.3 Å². The van der Waals surface area contributed by atoms with Crippen LogP contribution in [0.4, 0.5) is 0 Å². The van der Waals surface area contributed by atoms with E-state index in [1.165, 1.54) is 12.1 Å². The van der Waals surface area contributed by atoms with Crippen LogP contribution in [0.2, 0.25) is 5.02 Å². The molecule has 0 saturated carbocycles. The van der Waals surface area contributed by atoms with Crippen LogP contribution in [0.3, 0.4) is 0 Å². The van der Waals surface area contributed by atoms with E-state index in [-0.39, 0.29) is 36.8 Å². The van der Waals surface area contributed by atoms with Crippen LogP contribution >= 0.6 is 11.6 Å². The van der Waals surface area contributed by atoms with Crippen LogP contribution < -0.4 is 21.1 Å². The Kier molecular flexibility index (Phi) is 10.1. The maximum absolute atomic E-state index is 13.3. The highest BCUT2D eigenvalue weighted by atomic mass is 35.5. The van der Waals surface area contributed by atoms with Crippen molar-refractivity contribution >= 4 is 29.4 Å². The number of carbonyl (C=O) groups excluding carboxylic acids is 2. The fourth-order valence-corrected chi connectivity index (χ4v) is 3.80. The van der Waals surface area contributed by atoms with E-state index in [9.17, 15) is 19.5 Å². The zero-order chi connectivity index (χ0) is 26.8. The third kappa shape index (κ3) is 8.63. The van der Waals surface area contributed by atoms with Crippen molar-refractivity contribution in [2.75, 3.05) is 6.61 Å². The Morgan fingerprint density at radius 2 is 1.46 bits per heavy atom. The number of nitrogens with two attached hydrogens (primary N) is 1. The van der Waals surface area contributed by atoms with Crippen LogP contribution in [0.15, 0.2) is 78.9 Å². The van der Waals surface area contributed by atoms with Crippen molar-refractivity contribution in [2.45, 2.75) is 37.9 Å². The van der Waals surface area contributed by atoms with Gasteiger partial charge in [0, 0.05) is 23.9 Å². The van der Waals surface area contributed by atoms with Crippen molar-refractivity contribution in [3.8, 4) is 5.75 Å². The summed E-state index contributed by atoms with van der Waals surface area (Å²) in [7, 11) is 0. The number of nitrogens with one attached hydrogen (secondary N) is 2. The minimum absolute atomic E-state index is 0.0976. The van der Waals surface area contributed by atoms with E-state index in [4.69, 9.17) is 22.1 Å². The van der Waals surface area contributed by atoms with E-state index in [1.807, 2.05) is 36.4 Å². The molecule has 8 nitrogen and oxygen atoms in total. The molecule has 0 fully saturated rings. The first-order valence-corrected chi connectivity index (χ1v) is 12.2. The van der Waals surface area contributed by atoms with Crippen LogP contribution in [0.25, 0.3) is 0 Å². The Balaban J connectivity index is 1.83. The summed E-state index contributed by atoms with van der Waals surface area (Å²) in [5.41, 5.74) is 7.51. The summed E-state index contributed by atoms with van der Waals surface area (Å²) in [6.07, 6.45) is 0.250. The Morgan fingerprint density at radius 1 is 0.892 bits per heavy atom. The van der Waals surface area contributed by atoms with Gasteiger partial charge in [-0.3, -0.25) is 9.59 Å². The number of carboxylic acids is 1. The van der Waals surface area contributed by atoms with Gasteiger partial charge in [0.2, 0.25) is 5.91 Å². The summed E-state index contributed by atoms with van der Waals surface area (Å²) in [5.74, 6) is -2.13. The van der Waals surface area contributed by atoms with E-state index in [2.05, 4.69) is 10.6 Å². The van der Waals surface area contributed by atoms with E-state index in [0.717, 1.165) is 11.1 Å². The zero-order valence-corrected chi connectivity index (χ0v) is 21.2. The van der Waals surface area contributed by atoms with Crippen LogP contribution in [0.1, 0.15) is 28.4 Å². The van der Waals surface area contributed by atoms with Crippen molar-refractivity contribution < 1.29 is 24.2 Å². The minimum atomic E-state index is -1.18. The molecule has 0 saturated heterocycles. The molecule has 0 aliphatic rings. The quantitative estimate of drug-likeness (QED) is 0.288. The average molecular weight is 524 g/mol. The fourth-order valence-electron chi connectivity index (χ4n) is 3.64. The number of halogens is 1. The lowest BCUT2D eigenvalue weighted by Gasteiger charge is -2.22. The highest BCUT2D eigenvalue weighted by Crippen LogP contribution is 2.24. The molecule has 194 valence electrons. The molecule has 0 heterocycles. The third-order valence-corrected chi connectivity index (χ3v) is 5.73. The van der Waals surface area contributed by atoms with Crippen LogP contribution in [-0.2, 0) is 22.4 Å². The van der Waals surface area contributed by atoms with E-state index >= 15 is 0 Å². The maximum atomic E-state index is 13.3. The second-order valence-electron chi connectivity index (χ2n) is 8.73. The van der Waals surface area contributed by atoms with E-state index < -0.39 is 29.9 Å². The summed E-state index contributed by atoms with van der Waals surface area (Å²) >= 11 is 6.09. The predicted molar refractivity (Wildman–Crippen MR) is 142 cm³/mol. The molecular weight excluding hydrogens is 494 g/mol. The average Bonchev–Trinajstić information content (AvgIpc) is 2.87. The Morgan fingerprint density at radius 3 is 2.00 bits per heavy atom. The lowest BCUT2D eigenvalue weighted by atomic mass is 10.0. The molecule has 0 spiro atoms. The number of ether oxygens (including phenoxy) is 1. The molecule has 3 aromatic rings. The van der Waals surface area contributed by atoms with Gasteiger partial charge in [-0.1, -0.05) is 72.3 Å². The molecule has 9 heteroatoms. The number of hydrogen-bond acceptors (Lipinski definition) is 5. The molecule has 0 bridgehead atoms. The molecule has 0 aromatic heterocycles. The Bertz CT molecular complexity index is 1200. The molecule has 3 aromatic carbocycles. The number of carbonyl (C=O) groups is 3. The number of hydrogen-bond donors (Lipinski definition) is 4. The topological polar surface area (TPSA) is 131 Å². The lowest BCUT2D eigenvalue weighted by molar-refractivity contribution is -0.142. The summed E-state index contributed by atoms with van der Waals surface area (Å²) in [6.45, 7) is 1.92. The summed E-state index contributed by atoms with van der Waals surface area (Å²) in [4.78, 5) is 38.5. The third-order valence-electron chi connectivity index (χ3n) is 5.49. The molecule has 2 amide bonds. The zero-order valence-electron chi connectivity index (χ0n) is 20.4. The molecule has 3 atom stereocenters. The smallest absolute Gasteiger partial charge is 0.326 e. The van der Waals surface area contributed by atoms with E-state index in [0.29, 0.717) is 5.02 Å². The molecule has 37 heavy (non-hydrogen) atoms. The van der Waals surface area contributed by atoms with Crippen LogP contribution in [-0.4, -0.2) is 47.6 Å². The van der Waals surface area contributed by atoms with Crippen LogP contribution in [0, 0.1) is 0 Å². The number of carboxylic acid groups (broad SMARTS) is 1. The van der Waals surface area contributed by atoms with Gasteiger partial charge in [0.15, 0.2) is 0 Å². The van der Waals surface area contributed by atoms with Gasteiger partial charge >= 0.3 is 5.97 Å². The largest absolute Gasteiger partial charge is 0.491 e. The van der Waals surface area contributed by atoms with Gasteiger partial charge in [0.25, 0.3) is 5.91 Å². The molecule has 0 aliphatic heterocycles. The van der Waals surface area contributed by atoms with Crippen molar-refractivity contribution in [1.82, 2.24) is 10.6 Å². The summed E-state index contributed by atoms with van der Waals surface area (Å²) in [6, 6.07) is 20.2. The first-order valence-electron chi connectivity index (χ1n) is 11.8. The SMILES string of the molecule is C[C@@H](N)COc1cc(Cl)ccc1C(=O)N[C@@H](Cc1ccccc1)C(=O)N[C@@H](Cc1ccccc1)C(=O)O. The first kappa shape index (κ1) is 27.7. The van der Waals surface area contributed by atoms with Gasteiger partial charge in [0.05, 0.1) is 5.56 Å². The Hall–Kier alpha value is -3.88. The van der Waals surface area contributed by atoms with Crippen molar-refractivity contribution in [3.63, 3.8) is 0 Å². The fraction of sp³-hybridized carbons (Fsp3) is 0.250. The van der Waals surface area contributed by atoms with Gasteiger partial charge < -0.3 is 26.2 Å². The van der Waals surface area contributed by atoms with Crippen molar-refractivity contribution in [1.29, 1.82) is 0 Å². The Labute approximate surface area is 220 Å². The van der Waals surface area contributed by atoms with Crippen molar-refractivity contribution in [3.05, 3.63) is 101 Å². The normalized spacial score (nSPS) is 13.2. The van der Waals surface area contributed by atoms with Gasteiger partial charge in [-0.15, -0.1) is 0 Å².